The summed E-state index contributed by atoms with van der Waals surface area (Å²) in [5, 5.41) is 32.9. The molecular weight excluding hydrogens is 406 g/mol. The lowest BCUT2D eigenvalue weighted by molar-refractivity contribution is -0.143. The molecule has 14 nitrogen and oxygen atoms in total. The molecule has 10 N–H and O–H groups in total. The van der Waals surface area contributed by atoms with E-state index in [0.717, 1.165) is 0 Å². The van der Waals surface area contributed by atoms with Crippen LogP contribution >= 0.6 is 0 Å². The SMILES string of the molecule is CC(NC(=O)C(CCC(N)=O)NC(=O)C(N)CCC(=O)O)C(=O)NC(CO)C(=O)O. The molecule has 0 rings (SSSR count). The molecule has 0 aromatic heterocycles. The maximum Gasteiger partial charge on any atom is 0.328 e. The molecule has 0 aliphatic carbocycles. The Morgan fingerprint density at radius 3 is 1.87 bits per heavy atom. The number of hydrogen-bond donors (Lipinski definition) is 8. The minimum atomic E-state index is -1.57. The van der Waals surface area contributed by atoms with Gasteiger partial charge in [-0.2, -0.15) is 0 Å². The molecular formula is C16H27N5O9. The van der Waals surface area contributed by atoms with Crippen LogP contribution in [0.4, 0.5) is 0 Å². The zero-order chi connectivity index (χ0) is 23.4. The number of rotatable bonds is 14. The topological polar surface area (TPSA) is 251 Å². The molecule has 0 aromatic carbocycles. The number of aliphatic hydroxyl groups is 1. The number of aliphatic hydroxyl groups excluding tert-OH is 1. The average Bonchev–Trinajstić information content (AvgIpc) is 2.65. The van der Waals surface area contributed by atoms with E-state index in [9.17, 15) is 28.8 Å². The quantitative estimate of drug-likeness (QED) is 0.132. The molecule has 0 saturated carbocycles. The summed E-state index contributed by atoms with van der Waals surface area (Å²) < 4.78 is 0. The van der Waals surface area contributed by atoms with Gasteiger partial charge in [0.15, 0.2) is 0 Å². The van der Waals surface area contributed by atoms with Crippen molar-refractivity contribution < 1.29 is 44.1 Å². The summed E-state index contributed by atoms with van der Waals surface area (Å²) in [5.41, 5.74) is 10.6. The lowest BCUT2D eigenvalue weighted by atomic mass is 10.1. The molecule has 0 aliphatic heterocycles. The van der Waals surface area contributed by atoms with Gasteiger partial charge in [-0.05, 0) is 19.8 Å². The number of nitrogens with two attached hydrogens (primary N) is 2. The fourth-order valence-corrected chi connectivity index (χ4v) is 2.11. The number of carboxylic acids is 2. The molecule has 0 aliphatic rings. The largest absolute Gasteiger partial charge is 0.481 e. The van der Waals surface area contributed by atoms with Crippen LogP contribution < -0.4 is 27.4 Å². The second-order valence-corrected chi connectivity index (χ2v) is 6.42. The van der Waals surface area contributed by atoms with Gasteiger partial charge in [0.05, 0.1) is 12.6 Å². The molecule has 170 valence electrons. The number of aliphatic carboxylic acids is 2. The highest BCUT2D eigenvalue weighted by Crippen LogP contribution is 2.02. The monoisotopic (exact) mass is 433 g/mol. The van der Waals surface area contributed by atoms with Crippen LogP contribution in [0.2, 0.25) is 0 Å². The Kier molecular flexibility index (Phi) is 11.6. The van der Waals surface area contributed by atoms with E-state index >= 15 is 0 Å². The van der Waals surface area contributed by atoms with Crippen molar-refractivity contribution in [2.24, 2.45) is 11.5 Å². The molecule has 0 aromatic rings. The number of hydrogen-bond acceptors (Lipinski definition) is 8. The molecule has 0 fully saturated rings. The highest BCUT2D eigenvalue weighted by atomic mass is 16.4. The first-order valence-electron chi connectivity index (χ1n) is 8.89. The fraction of sp³-hybridized carbons (Fsp3) is 0.625. The van der Waals surface area contributed by atoms with Gasteiger partial charge in [0.1, 0.15) is 18.1 Å². The smallest absolute Gasteiger partial charge is 0.328 e. The Labute approximate surface area is 171 Å². The Bertz CT molecular complexity index is 669. The summed E-state index contributed by atoms with van der Waals surface area (Å²) in [6, 6.07) is -5.37. The summed E-state index contributed by atoms with van der Waals surface area (Å²) >= 11 is 0. The zero-order valence-electron chi connectivity index (χ0n) is 16.3. The Morgan fingerprint density at radius 2 is 1.40 bits per heavy atom. The molecule has 0 heterocycles. The van der Waals surface area contributed by atoms with E-state index in [4.69, 9.17) is 26.8 Å². The molecule has 0 radical (unpaired) electrons. The van der Waals surface area contributed by atoms with Gasteiger partial charge in [-0.3, -0.25) is 24.0 Å². The first kappa shape index (κ1) is 26.7. The van der Waals surface area contributed by atoms with E-state index in [2.05, 4.69) is 10.6 Å². The Morgan fingerprint density at radius 1 is 0.833 bits per heavy atom. The van der Waals surface area contributed by atoms with Crippen molar-refractivity contribution in [3.8, 4) is 0 Å². The van der Waals surface area contributed by atoms with Crippen molar-refractivity contribution in [3.05, 3.63) is 0 Å². The average molecular weight is 433 g/mol. The number of nitrogens with one attached hydrogen (secondary N) is 3. The third-order valence-corrected chi connectivity index (χ3v) is 3.87. The fourth-order valence-electron chi connectivity index (χ4n) is 2.11. The lowest BCUT2D eigenvalue weighted by Gasteiger charge is -2.23. The maximum absolute atomic E-state index is 12.4. The van der Waals surface area contributed by atoms with Gasteiger partial charge in [0.25, 0.3) is 0 Å². The second kappa shape index (κ2) is 13.1. The molecule has 0 saturated heterocycles. The predicted molar refractivity (Wildman–Crippen MR) is 99.5 cm³/mol. The molecule has 4 amide bonds. The number of carbonyl (C=O) groups excluding carboxylic acids is 4. The van der Waals surface area contributed by atoms with Gasteiger partial charge >= 0.3 is 11.9 Å². The normalized spacial score (nSPS) is 14.5. The number of carboxylic acid groups (broad SMARTS) is 2. The number of primary amides is 1. The number of carbonyl (C=O) groups is 6. The summed E-state index contributed by atoms with van der Waals surface area (Å²) in [6.07, 6.45) is -1.07. The van der Waals surface area contributed by atoms with E-state index in [1.807, 2.05) is 5.32 Å². The van der Waals surface area contributed by atoms with E-state index in [-0.39, 0.29) is 25.7 Å². The molecule has 4 atom stereocenters. The first-order valence-corrected chi connectivity index (χ1v) is 8.89. The van der Waals surface area contributed by atoms with E-state index in [1.54, 1.807) is 0 Å². The predicted octanol–water partition coefficient (Wildman–Crippen LogP) is -4.00. The van der Waals surface area contributed by atoms with Crippen molar-refractivity contribution in [1.29, 1.82) is 0 Å². The van der Waals surface area contributed by atoms with Crippen LogP contribution in [0.25, 0.3) is 0 Å². The lowest BCUT2D eigenvalue weighted by Crippen LogP contribution is -2.56. The minimum Gasteiger partial charge on any atom is -0.481 e. The van der Waals surface area contributed by atoms with E-state index in [0.29, 0.717) is 0 Å². The molecule has 4 unspecified atom stereocenters. The summed E-state index contributed by atoms with van der Waals surface area (Å²) in [5.74, 6) is -6.04. The summed E-state index contributed by atoms with van der Waals surface area (Å²) in [4.78, 5) is 68.9. The van der Waals surface area contributed by atoms with Crippen LogP contribution in [0.1, 0.15) is 32.6 Å². The van der Waals surface area contributed by atoms with Gasteiger partial charge in [0, 0.05) is 12.8 Å². The van der Waals surface area contributed by atoms with Crippen LogP contribution in [0.5, 0.6) is 0 Å². The van der Waals surface area contributed by atoms with Crippen molar-refractivity contribution in [2.75, 3.05) is 6.61 Å². The van der Waals surface area contributed by atoms with Crippen molar-refractivity contribution in [1.82, 2.24) is 16.0 Å². The third-order valence-electron chi connectivity index (χ3n) is 3.87. The van der Waals surface area contributed by atoms with Crippen LogP contribution in [0.15, 0.2) is 0 Å². The van der Waals surface area contributed by atoms with Gasteiger partial charge < -0.3 is 42.7 Å². The van der Waals surface area contributed by atoms with Crippen LogP contribution in [0.3, 0.4) is 0 Å². The summed E-state index contributed by atoms with van der Waals surface area (Å²) in [6.45, 7) is 0.363. The van der Waals surface area contributed by atoms with Crippen molar-refractivity contribution in [2.45, 2.75) is 56.8 Å². The molecule has 0 spiro atoms. The Balaban J connectivity index is 5.05. The molecule has 0 bridgehead atoms. The van der Waals surface area contributed by atoms with E-state index < -0.39 is 66.3 Å². The van der Waals surface area contributed by atoms with Crippen LogP contribution in [-0.4, -0.2) is 81.7 Å². The van der Waals surface area contributed by atoms with E-state index in [1.165, 1.54) is 6.92 Å². The highest BCUT2D eigenvalue weighted by Gasteiger charge is 2.28. The first-order chi connectivity index (χ1) is 13.9. The number of amides is 4. The van der Waals surface area contributed by atoms with Gasteiger partial charge in [-0.15, -0.1) is 0 Å². The van der Waals surface area contributed by atoms with Crippen molar-refractivity contribution >= 4 is 35.6 Å². The zero-order valence-corrected chi connectivity index (χ0v) is 16.3. The summed E-state index contributed by atoms with van der Waals surface area (Å²) in [7, 11) is 0. The third kappa shape index (κ3) is 10.3. The Hall–Kier alpha value is -3.26. The minimum absolute atomic E-state index is 0.193. The maximum atomic E-state index is 12.4. The van der Waals surface area contributed by atoms with Crippen LogP contribution in [-0.2, 0) is 28.8 Å². The van der Waals surface area contributed by atoms with Gasteiger partial charge in [0.2, 0.25) is 23.6 Å². The van der Waals surface area contributed by atoms with Crippen molar-refractivity contribution in [3.63, 3.8) is 0 Å². The van der Waals surface area contributed by atoms with Crippen LogP contribution in [0, 0.1) is 0 Å². The molecule has 30 heavy (non-hydrogen) atoms. The highest BCUT2D eigenvalue weighted by molar-refractivity contribution is 5.94. The second-order valence-electron chi connectivity index (χ2n) is 6.42. The van der Waals surface area contributed by atoms with Gasteiger partial charge in [-0.1, -0.05) is 0 Å². The standard InChI is InChI=1S/C16H27N5O9/c1-7(13(26)21-10(6-22)16(29)30)19-15(28)9(3-4-11(18)23)20-14(27)8(17)2-5-12(24)25/h7-10,22H,2-6,17H2,1H3,(H2,18,23)(H,19,28)(H,20,27)(H,21,26)(H,24,25)(H,29,30). The van der Waals surface area contributed by atoms with Gasteiger partial charge in [-0.25, -0.2) is 4.79 Å². The molecule has 14 heteroatoms.